The lowest BCUT2D eigenvalue weighted by atomic mass is 9.97. The highest BCUT2D eigenvalue weighted by Gasteiger charge is 2.26. The minimum absolute atomic E-state index is 0.185. The van der Waals surface area contributed by atoms with Gasteiger partial charge in [0.25, 0.3) is 11.1 Å². The summed E-state index contributed by atoms with van der Waals surface area (Å²) in [5, 5.41) is 15.2. The Bertz CT molecular complexity index is 1500. The molecule has 2 amide bonds. The van der Waals surface area contributed by atoms with E-state index in [-0.39, 0.29) is 10.8 Å². The fraction of sp³-hybridized carbons (Fsp3) is 0.310. The van der Waals surface area contributed by atoms with Crippen molar-refractivity contribution in [3.8, 4) is 11.3 Å². The van der Waals surface area contributed by atoms with Crippen molar-refractivity contribution in [1.82, 2.24) is 25.6 Å². The number of pyridine rings is 1. The second-order valence-corrected chi connectivity index (χ2v) is 11.2. The molecule has 2 aromatic heterocycles. The van der Waals surface area contributed by atoms with Gasteiger partial charge in [-0.1, -0.05) is 12.1 Å². The van der Waals surface area contributed by atoms with Crippen molar-refractivity contribution in [2.24, 2.45) is 5.92 Å². The molecule has 11 nitrogen and oxygen atoms in total. The molecule has 2 aliphatic rings. The fourth-order valence-electron chi connectivity index (χ4n) is 4.84. The zero-order valence-electron chi connectivity index (χ0n) is 22.8. The molecule has 0 unspecified atom stereocenters. The smallest absolute Gasteiger partial charge is 0.337 e. The number of benzene rings is 1. The molecule has 12 heteroatoms. The maximum absolute atomic E-state index is 12.0. The van der Waals surface area contributed by atoms with E-state index in [2.05, 4.69) is 30.5 Å². The number of imide groups is 1. The molecule has 1 aromatic carbocycles. The van der Waals surface area contributed by atoms with Gasteiger partial charge in [0.1, 0.15) is 0 Å². The van der Waals surface area contributed by atoms with Gasteiger partial charge in [0, 0.05) is 57.4 Å². The van der Waals surface area contributed by atoms with E-state index in [1.54, 1.807) is 30.6 Å². The molecule has 0 radical (unpaired) electrons. The van der Waals surface area contributed by atoms with E-state index in [0.29, 0.717) is 34.7 Å². The zero-order valence-corrected chi connectivity index (χ0v) is 23.6. The van der Waals surface area contributed by atoms with Gasteiger partial charge in [0.15, 0.2) is 0 Å². The zero-order chi connectivity index (χ0) is 28.9. The Kier molecular flexibility index (Phi) is 8.60. The molecule has 0 bridgehead atoms. The third-order valence-corrected chi connectivity index (χ3v) is 7.87. The van der Waals surface area contributed by atoms with Crippen molar-refractivity contribution in [2.45, 2.75) is 19.4 Å². The molecule has 4 heterocycles. The normalized spacial score (nSPS) is 16.7. The SMILES string of the molecule is CN(C)c1cccc(-c2ncc(CNCC3CCN(c4nccc(C=C5SC(=O)NC5=O)n4)CC3)cc2C(=O)O)c1. The van der Waals surface area contributed by atoms with E-state index in [9.17, 15) is 19.5 Å². The fourth-order valence-corrected chi connectivity index (χ4v) is 5.50. The number of thioether (sulfide) groups is 1. The highest BCUT2D eigenvalue weighted by molar-refractivity contribution is 8.18. The minimum atomic E-state index is -1.00. The number of nitrogens with one attached hydrogen (secondary N) is 2. The van der Waals surface area contributed by atoms with E-state index in [1.165, 1.54) is 0 Å². The number of piperidine rings is 1. The highest BCUT2D eigenvalue weighted by atomic mass is 32.2. The number of aromatic carboxylic acids is 1. The van der Waals surface area contributed by atoms with E-state index in [0.717, 1.165) is 61.1 Å². The van der Waals surface area contributed by atoms with Crippen LogP contribution in [0.15, 0.2) is 53.7 Å². The summed E-state index contributed by atoms with van der Waals surface area (Å²) in [7, 11) is 3.88. The predicted octanol–water partition coefficient (Wildman–Crippen LogP) is 3.63. The number of anilines is 2. The number of amides is 2. The molecule has 41 heavy (non-hydrogen) atoms. The van der Waals surface area contributed by atoms with E-state index >= 15 is 0 Å². The average Bonchev–Trinajstić information content (AvgIpc) is 3.29. The van der Waals surface area contributed by atoms with Gasteiger partial charge in [-0.25, -0.2) is 14.8 Å². The Labute approximate surface area is 242 Å². The molecular formula is C29H31N7O4S. The molecule has 5 rings (SSSR count). The van der Waals surface area contributed by atoms with Gasteiger partial charge < -0.3 is 20.2 Å². The van der Waals surface area contributed by atoms with Crippen LogP contribution in [0.4, 0.5) is 16.4 Å². The van der Waals surface area contributed by atoms with Gasteiger partial charge in [-0.2, -0.15) is 0 Å². The first-order valence-electron chi connectivity index (χ1n) is 13.3. The van der Waals surface area contributed by atoms with Crippen LogP contribution >= 0.6 is 11.8 Å². The van der Waals surface area contributed by atoms with Crippen LogP contribution in [0.3, 0.4) is 0 Å². The lowest BCUT2D eigenvalue weighted by Crippen LogP contribution is -2.38. The van der Waals surface area contributed by atoms with Crippen molar-refractivity contribution in [1.29, 1.82) is 0 Å². The van der Waals surface area contributed by atoms with Crippen LogP contribution in [-0.2, 0) is 11.3 Å². The molecule has 0 aliphatic carbocycles. The predicted molar refractivity (Wildman–Crippen MR) is 159 cm³/mol. The number of nitrogens with zero attached hydrogens (tertiary/aromatic N) is 5. The van der Waals surface area contributed by atoms with Crippen molar-refractivity contribution in [3.63, 3.8) is 0 Å². The quantitative estimate of drug-likeness (QED) is 0.323. The molecule has 0 spiro atoms. The third-order valence-electron chi connectivity index (χ3n) is 7.06. The first-order valence-corrected chi connectivity index (χ1v) is 14.1. The summed E-state index contributed by atoms with van der Waals surface area (Å²) in [6.07, 6.45) is 6.90. The maximum atomic E-state index is 12.0. The third kappa shape index (κ3) is 6.90. The standard InChI is InChI=1S/C29H31N7O4S/c1-35(2)22-5-3-4-20(13-22)25-23(27(38)39)12-19(17-32-25)16-30-15-18-7-10-36(11-8-18)28-31-9-6-21(33-28)14-24-26(37)34-29(40)41-24/h3-6,9,12-14,17-18,30H,7-8,10-11,15-16H2,1-2H3,(H,38,39)(H,34,37,40). The summed E-state index contributed by atoms with van der Waals surface area (Å²) in [6, 6.07) is 11.1. The summed E-state index contributed by atoms with van der Waals surface area (Å²) in [6.45, 7) is 2.92. The van der Waals surface area contributed by atoms with Gasteiger partial charge in [-0.05, 0) is 73.0 Å². The van der Waals surface area contributed by atoms with Crippen LogP contribution in [0.1, 0.15) is 34.5 Å². The average molecular weight is 574 g/mol. The van der Waals surface area contributed by atoms with Crippen LogP contribution in [0.5, 0.6) is 0 Å². The van der Waals surface area contributed by atoms with E-state index < -0.39 is 11.9 Å². The van der Waals surface area contributed by atoms with Crippen molar-refractivity contribution >= 4 is 46.6 Å². The lowest BCUT2D eigenvalue weighted by Gasteiger charge is -2.32. The van der Waals surface area contributed by atoms with E-state index in [4.69, 9.17) is 0 Å². The number of carboxylic acid groups (broad SMARTS) is 1. The maximum Gasteiger partial charge on any atom is 0.337 e. The summed E-state index contributed by atoms with van der Waals surface area (Å²) >= 11 is 0.865. The Morgan fingerprint density at radius 2 is 2.00 bits per heavy atom. The van der Waals surface area contributed by atoms with Crippen molar-refractivity contribution in [3.05, 3.63) is 70.5 Å². The van der Waals surface area contributed by atoms with Gasteiger partial charge in [-0.15, -0.1) is 0 Å². The first-order chi connectivity index (χ1) is 19.8. The van der Waals surface area contributed by atoms with Crippen LogP contribution in [0.2, 0.25) is 0 Å². The number of carbonyl (C=O) groups excluding carboxylic acids is 2. The molecule has 2 saturated heterocycles. The lowest BCUT2D eigenvalue weighted by molar-refractivity contribution is -0.115. The van der Waals surface area contributed by atoms with Crippen LogP contribution in [0.25, 0.3) is 17.3 Å². The summed E-state index contributed by atoms with van der Waals surface area (Å²) < 4.78 is 0. The molecule has 0 saturated carbocycles. The van der Waals surface area contributed by atoms with Gasteiger partial charge >= 0.3 is 5.97 Å². The molecule has 212 valence electrons. The van der Waals surface area contributed by atoms with E-state index in [1.807, 2.05) is 43.3 Å². The number of rotatable bonds is 9. The van der Waals surface area contributed by atoms with Crippen LogP contribution in [-0.4, -0.2) is 70.9 Å². The second kappa shape index (κ2) is 12.5. The van der Waals surface area contributed by atoms with Gasteiger partial charge in [-0.3, -0.25) is 19.9 Å². The van der Waals surface area contributed by atoms with Gasteiger partial charge in [0.2, 0.25) is 5.95 Å². The summed E-state index contributed by atoms with van der Waals surface area (Å²) in [4.78, 5) is 53.2. The largest absolute Gasteiger partial charge is 0.478 e. The monoisotopic (exact) mass is 573 g/mol. The molecule has 2 fully saturated rings. The Morgan fingerprint density at radius 1 is 1.20 bits per heavy atom. The topological polar surface area (TPSA) is 141 Å². The first kappa shape index (κ1) is 28.2. The second-order valence-electron chi connectivity index (χ2n) is 10.2. The summed E-state index contributed by atoms with van der Waals surface area (Å²) in [5.74, 6) is -0.350. The van der Waals surface area contributed by atoms with Crippen molar-refractivity contribution in [2.75, 3.05) is 43.5 Å². The molecule has 0 atom stereocenters. The van der Waals surface area contributed by atoms with Crippen molar-refractivity contribution < 1.29 is 19.5 Å². The van der Waals surface area contributed by atoms with Crippen LogP contribution in [0, 0.1) is 5.92 Å². The minimum Gasteiger partial charge on any atom is -0.478 e. The molecule has 3 aromatic rings. The molecule has 3 N–H and O–H groups in total. The number of aromatic nitrogens is 3. The summed E-state index contributed by atoms with van der Waals surface area (Å²) in [5.41, 5.74) is 3.79. The number of hydrogen-bond acceptors (Lipinski definition) is 10. The number of hydrogen-bond donors (Lipinski definition) is 3. The number of carboxylic acids is 1. The Morgan fingerprint density at radius 3 is 2.71 bits per heavy atom. The van der Waals surface area contributed by atoms with Crippen LogP contribution < -0.4 is 20.4 Å². The molecular weight excluding hydrogens is 542 g/mol. The van der Waals surface area contributed by atoms with Gasteiger partial charge in [0.05, 0.1) is 21.9 Å². The molecule has 2 aliphatic heterocycles. The highest BCUT2D eigenvalue weighted by Crippen LogP contribution is 2.27. The Balaban J connectivity index is 1.15. The number of carbonyl (C=O) groups is 3. The Hall–Kier alpha value is -4.29.